The molecule has 8 heteroatoms. The first kappa shape index (κ1) is 30.1. The van der Waals surface area contributed by atoms with Crippen molar-refractivity contribution in [3.8, 4) is 0 Å². The summed E-state index contributed by atoms with van der Waals surface area (Å²) >= 11 is 0. The topological polar surface area (TPSA) is 83.1 Å². The Labute approximate surface area is 248 Å². The van der Waals surface area contributed by atoms with Gasteiger partial charge in [-0.05, 0) is 35.7 Å². The van der Waals surface area contributed by atoms with Gasteiger partial charge in [0, 0.05) is 6.42 Å². The van der Waals surface area contributed by atoms with Gasteiger partial charge >= 0.3 is 0 Å². The molecule has 0 bridgehead atoms. The first-order chi connectivity index (χ1) is 20.5. The van der Waals surface area contributed by atoms with Crippen molar-refractivity contribution in [2.45, 2.75) is 62.6 Å². The molecular formula is C34H37NO6S. The minimum atomic E-state index is -3.84. The summed E-state index contributed by atoms with van der Waals surface area (Å²) < 4.78 is 54.7. The predicted molar refractivity (Wildman–Crippen MR) is 161 cm³/mol. The summed E-state index contributed by atoms with van der Waals surface area (Å²) in [6.07, 6.45) is -2.10. The molecule has 0 aliphatic carbocycles. The van der Waals surface area contributed by atoms with E-state index >= 15 is 0 Å². The minimum Gasteiger partial charge on any atom is -0.374 e. The van der Waals surface area contributed by atoms with Crippen LogP contribution in [0.1, 0.15) is 28.7 Å². The Morgan fingerprint density at radius 2 is 1.24 bits per heavy atom. The predicted octanol–water partition coefficient (Wildman–Crippen LogP) is 5.78. The van der Waals surface area contributed by atoms with E-state index in [1.807, 2.05) is 97.9 Å². The number of benzene rings is 4. The van der Waals surface area contributed by atoms with E-state index in [-0.39, 0.29) is 17.9 Å². The zero-order valence-corrected chi connectivity index (χ0v) is 24.5. The van der Waals surface area contributed by atoms with Crippen molar-refractivity contribution in [2.75, 3.05) is 6.61 Å². The highest BCUT2D eigenvalue weighted by Crippen LogP contribution is 2.28. The van der Waals surface area contributed by atoms with Gasteiger partial charge in [0.05, 0.1) is 37.4 Å². The molecule has 4 aromatic rings. The number of nitrogens with one attached hydrogen (secondary N) is 1. The molecule has 0 spiro atoms. The van der Waals surface area contributed by atoms with Gasteiger partial charge in [-0.1, -0.05) is 109 Å². The lowest BCUT2D eigenvalue weighted by atomic mass is 10.00. The highest BCUT2D eigenvalue weighted by Gasteiger charge is 2.42. The molecule has 1 saturated heterocycles. The van der Waals surface area contributed by atoms with Gasteiger partial charge in [-0.3, -0.25) is 0 Å². The Morgan fingerprint density at radius 3 is 1.81 bits per heavy atom. The van der Waals surface area contributed by atoms with E-state index in [1.54, 1.807) is 24.3 Å². The van der Waals surface area contributed by atoms with E-state index in [2.05, 4.69) is 4.72 Å². The van der Waals surface area contributed by atoms with E-state index in [9.17, 15) is 8.42 Å². The fraction of sp³-hybridized carbons (Fsp3) is 0.294. The normalized spacial score (nSPS) is 20.8. The van der Waals surface area contributed by atoms with Crippen molar-refractivity contribution in [3.05, 3.63) is 138 Å². The lowest BCUT2D eigenvalue weighted by Gasteiger charge is -2.41. The number of hydrogen-bond acceptors (Lipinski definition) is 6. The van der Waals surface area contributed by atoms with E-state index < -0.39 is 34.6 Å². The lowest BCUT2D eigenvalue weighted by Crippen LogP contribution is -2.56. The van der Waals surface area contributed by atoms with Crippen molar-refractivity contribution in [3.63, 3.8) is 0 Å². The van der Waals surface area contributed by atoms with Crippen LogP contribution in [0.4, 0.5) is 0 Å². The molecule has 0 aromatic heterocycles. The molecule has 5 rings (SSSR count). The SMILES string of the molecule is Cc1ccc(S(=O)(=O)N[C@H]2C[C@H](OCc3ccccc3)[C@H](OCc3ccccc3)[C@@H](COCc3ccccc3)O2)cc1. The maximum atomic E-state index is 13.3. The summed E-state index contributed by atoms with van der Waals surface area (Å²) in [6, 6.07) is 36.4. The zero-order valence-electron chi connectivity index (χ0n) is 23.7. The van der Waals surface area contributed by atoms with E-state index in [1.165, 1.54) is 0 Å². The molecule has 0 amide bonds. The summed E-state index contributed by atoms with van der Waals surface area (Å²) in [5.74, 6) is 0. The number of sulfonamides is 1. The standard InChI is InChI=1S/C34H37NO6S/c1-26-17-19-30(20-18-26)42(36,37)35-33-21-31(39-23-28-13-7-3-8-14-28)34(40-24-29-15-9-4-10-16-29)32(41-33)25-38-22-27-11-5-2-6-12-27/h2-20,31-35H,21-25H2,1H3/t31-,32+,33+,34-/m0/s1. The molecule has 1 heterocycles. The Balaban J connectivity index is 1.36. The second-order valence-corrected chi connectivity index (χ2v) is 12.1. The molecule has 1 fully saturated rings. The Kier molecular flexibility index (Phi) is 10.5. The molecule has 4 atom stereocenters. The first-order valence-electron chi connectivity index (χ1n) is 14.1. The first-order valence-corrected chi connectivity index (χ1v) is 15.6. The third kappa shape index (κ3) is 8.58. The van der Waals surface area contributed by atoms with Crippen molar-refractivity contribution >= 4 is 10.0 Å². The molecule has 1 N–H and O–H groups in total. The highest BCUT2D eigenvalue weighted by molar-refractivity contribution is 7.89. The molecule has 1 aliphatic rings. The summed E-state index contributed by atoms with van der Waals surface area (Å²) in [6.45, 7) is 3.21. The van der Waals surface area contributed by atoms with Crippen LogP contribution in [0.25, 0.3) is 0 Å². The molecule has 7 nitrogen and oxygen atoms in total. The van der Waals surface area contributed by atoms with Gasteiger partial charge in [-0.25, -0.2) is 8.42 Å². The second-order valence-electron chi connectivity index (χ2n) is 10.4. The fourth-order valence-electron chi connectivity index (χ4n) is 4.89. The molecule has 0 saturated carbocycles. The largest absolute Gasteiger partial charge is 0.374 e. The molecule has 4 aromatic carbocycles. The van der Waals surface area contributed by atoms with Crippen molar-refractivity contribution in [2.24, 2.45) is 0 Å². The molecule has 0 unspecified atom stereocenters. The summed E-state index contributed by atoms with van der Waals surface area (Å²) in [7, 11) is -3.84. The molecule has 0 radical (unpaired) electrons. The maximum Gasteiger partial charge on any atom is 0.242 e. The highest BCUT2D eigenvalue weighted by atomic mass is 32.2. The van der Waals surface area contributed by atoms with Crippen LogP contribution in [0, 0.1) is 6.92 Å². The minimum absolute atomic E-state index is 0.179. The Hall–Kier alpha value is -3.37. The van der Waals surface area contributed by atoms with Gasteiger partial charge in [-0.15, -0.1) is 0 Å². The van der Waals surface area contributed by atoms with Crippen molar-refractivity contribution in [1.29, 1.82) is 0 Å². The fourth-order valence-corrected chi connectivity index (χ4v) is 6.01. The van der Waals surface area contributed by atoms with E-state index in [4.69, 9.17) is 18.9 Å². The van der Waals surface area contributed by atoms with Crippen molar-refractivity contribution in [1.82, 2.24) is 4.72 Å². The Bertz CT molecular complexity index is 1470. The maximum absolute atomic E-state index is 13.3. The lowest BCUT2D eigenvalue weighted by molar-refractivity contribution is -0.222. The summed E-state index contributed by atoms with van der Waals surface area (Å²) in [5, 5.41) is 0. The van der Waals surface area contributed by atoms with E-state index in [0.717, 1.165) is 22.3 Å². The van der Waals surface area contributed by atoms with Crippen molar-refractivity contribution < 1.29 is 27.4 Å². The second kappa shape index (κ2) is 14.7. The number of ether oxygens (including phenoxy) is 4. The van der Waals surface area contributed by atoms with Gasteiger partial charge in [0.15, 0.2) is 0 Å². The van der Waals surface area contributed by atoms with Crippen LogP contribution in [0.3, 0.4) is 0 Å². The van der Waals surface area contributed by atoms with Crippen LogP contribution in [0.5, 0.6) is 0 Å². The van der Waals surface area contributed by atoms with Gasteiger partial charge < -0.3 is 18.9 Å². The number of aryl methyl sites for hydroxylation is 1. The molecule has 1 aliphatic heterocycles. The van der Waals surface area contributed by atoms with Crippen LogP contribution in [0.15, 0.2) is 120 Å². The summed E-state index contributed by atoms with van der Waals surface area (Å²) in [4.78, 5) is 0.179. The zero-order chi connectivity index (χ0) is 29.2. The van der Waals surface area contributed by atoms with Crippen LogP contribution in [-0.2, 0) is 48.8 Å². The van der Waals surface area contributed by atoms with Gasteiger partial charge in [0.1, 0.15) is 18.4 Å². The Morgan fingerprint density at radius 1 is 0.714 bits per heavy atom. The average molecular weight is 588 g/mol. The van der Waals surface area contributed by atoms with Gasteiger partial charge in [0.2, 0.25) is 10.0 Å². The number of hydrogen-bond donors (Lipinski definition) is 1. The van der Waals surface area contributed by atoms with Crippen LogP contribution >= 0.6 is 0 Å². The quantitative estimate of drug-likeness (QED) is 0.214. The molecule has 220 valence electrons. The van der Waals surface area contributed by atoms with Crippen LogP contribution in [-0.4, -0.2) is 39.6 Å². The molecular weight excluding hydrogens is 550 g/mol. The van der Waals surface area contributed by atoms with Crippen LogP contribution in [0.2, 0.25) is 0 Å². The van der Waals surface area contributed by atoms with Gasteiger partial charge in [0.25, 0.3) is 0 Å². The van der Waals surface area contributed by atoms with E-state index in [0.29, 0.717) is 19.8 Å². The third-order valence-corrected chi connectivity index (χ3v) is 8.59. The number of rotatable bonds is 13. The third-order valence-electron chi connectivity index (χ3n) is 7.12. The summed E-state index contributed by atoms with van der Waals surface area (Å²) in [5.41, 5.74) is 4.04. The van der Waals surface area contributed by atoms with Crippen LogP contribution < -0.4 is 4.72 Å². The monoisotopic (exact) mass is 587 g/mol. The smallest absolute Gasteiger partial charge is 0.242 e. The average Bonchev–Trinajstić information content (AvgIpc) is 3.01. The molecule has 42 heavy (non-hydrogen) atoms. The van der Waals surface area contributed by atoms with Gasteiger partial charge in [-0.2, -0.15) is 4.72 Å².